The first kappa shape index (κ1) is 31.1. The van der Waals surface area contributed by atoms with Crippen LogP contribution in [0.4, 0.5) is 10.5 Å². The maximum absolute atomic E-state index is 14.4. The fourth-order valence-electron chi connectivity index (χ4n) is 4.93. The first-order valence-electron chi connectivity index (χ1n) is 14.4. The van der Waals surface area contributed by atoms with Gasteiger partial charge in [-0.1, -0.05) is 72.8 Å². The minimum absolute atomic E-state index is 0.0356. The summed E-state index contributed by atoms with van der Waals surface area (Å²) in [6, 6.07) is 26.5. The van der Waals surface area contributed by atoms with Crippen molar-refractivity contribution in [2.24, 2.45) is 0 Å². The highest BCUT2D eigenvalue weighted by atomic mass is 16.6. The van der Waals surface area contributed by atoms with Crippen molar-refractivity contribution in [1.29, 1.82) is 0 Å². The first-order chi connectivity index (χ1) is 20.4. The summed E-state index contributed by atoms with van der Waals surface area (Å²) >= 11 is 0. The first-order valence-corrected chi connectivity index (χ1v) is 14.4. The highest BCUT2D eigenvalue weighted by Gasteiger charge is 2.38. The monoisotopic (exact) mass is 581 g/mol. The third-order valence-corrected chi connectivity index (χ3v) is 6.83. The topological polar surface area (TPSA) is 108 Å². The minimum Gasteiger partial charge on any atom is -0.508 e. The van der Waals surface area contributed by atoms with E-state index in [2.05, 4.69) is 10.6 Å². The van der Waals surface area contributed by atoms with Crippen LogP contribution >= 0.6 is 0 Å². The summed E-state index contributed by atoms with van der Waals surface area (Å²) in [4.78, 5) is 42.9. The van der Waals surface area contributed by atoms with Crippen LogP contribution < -0.4 is 10.6 Å². The molecule has 0 spiro atoms. The molecule has 2 unspecified atom stereocenters. The Kier molecular flexibility index (Phi) is 9.70. The Bertz CT molecular complexity index is 1560. The minimum atomic E-state index is -1.07. The van der Waals surface area contributed by atoms with Gasteiger partial charge in [-0.05, 0) is 80.8 Å². The molecule has 4 aromatic rings. The number of fused-ring (bicyclic) bond motifs is 1. The standard InChI is InChI=1S/C35H39N3O5/c1-23(2)38(33(41)30(21-24-11-7-6-8-12-24)37-34(42)43-35(3,4)5)31(26-16-19-29(39)20-17-26)32(40)36-28-18-15-25-13-9-10-14-27(25)22-28/h6-20,22-23,30-31,39H,21H2,1-5H3,(H,36,40)(H,37,42). The van der Waals surface area contributed by atoms with Crippen molar-refractivity contribution in [2.75, 3.05) is 5.32 Å². The largest absolute Gasteiger partial charge is 0.508 e. The number of rotatable bonds is 9. The van der Waals surface area contributed by atoms with Gasteiger partial charge in [0.1, 0.15) is 23.4 Å². The van der Waals surface area contributed by atoms with Crippen molar-refractivity contribution < 1.29 is 24.2 Å². The van der Waals surface area contributed by atoms with Gasteiger partial charge in [0.25, 0.3) is 5.91 Å². The Labute approximate surface area is 252 Å². The van der Waals surface area contributed by atoms with Gasteiger partial charge in [0, 0.05) is 18.2 Å². The Morgan fingerprint density at radius 1 is 0.837 bits per heavy atom. The lowest BCUT2D eigenvalue weighted by atomic mass is 9.98. The van der Waals surface area contributed by atoms with Gasteiger partial charge in [0.15, 0.2) is 0 Å². The summed E-state index contributed by atoms with van der Waals surface area (Å²) in [6.07, 6.45) is -0.538. The Morgan fingerprint density at radius 3 is 2.09 bits per heavy atom. The number of phenolic OH excluding ortho intramolecular Hbond substituents is 1. The van der Waals surface area contributed by atoms with Crippen LogP contribution in [0.1, 0.15) is 51.8 Å². The summed E-state index contributed by atoms with van der Waals surface area (Å²) < 4.78 is 5.49. The van der Waals surface area contributed by atoms with Crippen LogP contribution in [0, 0.1) is 0 Å². The molecule has 0 saturated carbocycles. The van der Waals surface area contributed by atoms with Gasteiger partial charge < -0.3 is 25.4 Å². The van der Waals surface area contributed by atoms with Crippen molar-refractivity contribution in [1.82, 2.24) is 10.2 Å². The second-order valence-corrected chi connectivity index (χ2v) is 11.8. The molecule has 0 bridgehead atoms. The van der Waals surface area contributed by atoms with Gasteiger partial charge >= 0.3 is 6.09 Å². The molecular formula is C35H39N3O5. The molecule has 0 saturated heterocycles. The summed E-state index contributed by atoms with van der Waals surface area (Å²) in [5.74, 6) is -0.844. The molecule has 0 heterocycles. The van der Waals surface area contributed by atoms with Crippen molar-refractivity contribution in [3.8, 4) is 5.75 Å². The molecule has 3 amide bonds. The zero-order valence-electron chi connectivity index (χ0n) is 25.2. The number of ether oxygens (including phenoxy) is 1. The average molecular weight is 582 g/mol. The van der Waals surface area contributed by atoms with Gasteiger partial charge in [0.05, 0.1) is 0 Å². The number of nitrogens with one attached hydrogen (secondary N) is 2. The zero-order chi connectivity index (χ0) is 31.1. The number of carbonyl (C=O) groups is 3. The third kappa shape index (κ3) is 8.35. The van der Waals surface area contributed by atoms with E-state index in [1.54, 1.807) is 32.9 Å². The fraction of sp³-hybridized carbons (Fsp3) is 0.286. The number of anilines is 1. The van der Waals surface area contributed by atoms with Gasteiger partial charge in [-0.25, -0.2) is 4.79 Å². The number of benzene rings is 4. The third-order valence-electron chi connectivity index (χ3n) is 6.83. The Hall–Kier alpha value is -4.85. The van der Waals surface area contributed by atoms with E-state index < -0.39 is 41.6 Å². The van der Waals surface area contributed by atoms with Crippen molar-refractivity contribution >= 4 is 34.4 Å². The molecule has 0 aliphatic rings. The SMILES string of the molecule is CC(C)N(C(=O)C(Cc1ccccc1)NC(=O)OC(C)(C)C)C(C(=O)Nc1ccc2ccccc2c1)c1ccc(O)cc1. The molecule has 3 N–H and O–H groups in total. The normalized spacial score (nSPS) is 12.8. The number of carbonyl (C=O) groups excluding carboxylic acids is 3. The summed E-state index contributed by atoms with van der Waals surface area (Å²) in [7, 11) is 0. The molecule has 0 fully saturated rings. The lowest BCUT2D eigenvalue weighted by molar-refractivity contribution is -0.142. The predicted octanol–water partition coefficient (Wildman–Crippen LogP) is 6.60. The van der Waals surface area contributed by atoms with Crippen molar-refractivity contribution in [2.45, 2.75) is 64.8 Å². The van der Waals surface area contributed by atoms with E-state index in [0.29, 0.717) is 11.3 Å². The van der Waals surface area contributed by atoms with Crippen LogP contribution in [-0.4, -0.2) is 45.6 Å². The van der Waals surface area contributed by atoms with E-state index in [-0.39, 0.29) is 12.2 Å². The summed E-state index contributed by atoms with van der Waals surface area (Å²) in [5, 5.41) is 17.7. The number of amides is 3. The molecule has 0 radical (unpaired) electrons. The predicted molar refractivity (Wildman–Crippen MR) is 169 cm³/mol. The van der Waals surface area contributed by atoms with Gasteiger partial charge in [-0.2, -0.15) is 0 Å². The van der Waals surface area contributed by atoms with E-state index in [0.717, 1.165) is 16.3 Å². The van der Waals surface area contributed by atoms with E-state index in [1.807, 2.05) is 86.6 Å². The average Bonchev–Trinajstić information content (AvgIpc) is 2.95. The van der Waals surface area contributed by atoms with Crippen LogP contribution in [0.5, 0.6) is 5.75 Å². The van der Waals surface area contributed by atoms with Crippen molar-refractivity contribution in [3.05, 3.63) is 108 Å². The number of hydrogen-bond acceptors (Lipinski definition) is 5. The number of hydrogen-bond donors (Lipinski definition) is 3. The molecule has 4 aromatic carbocycles. The number of aromatic hydroxyl groups is 1. The maximum atomic E-state index is 14.4. The highest BCUT2D eigenvalue weighted by Crippen LogP contribution is 2.29. The zero-order valence-corrected chi connectivity index (χ0v) is 25.2. The smallest absolute Gasteiger partial charge is 0.408 e. The van der Waals surface area contributed by atoms with Gasteiger partial charge in [0.2, 0.25) is 5.91 Å². The second kappa shape index (κ2) is 13.4. The quantitative estimate of drug-likeness (QED) is 0.206. The van der Waals surface area contributed by atoms with Crippen LogP contribution in [0.2, 0.25) is 0 Å². The van der Waals surface area contributed by atoms with Crippen LogP contribution in [0.25, 0.3) is 10.8 Å². The maximum Gasteiger partial charge on any atom is 0.408 e. The van der Waals surface area contributed by atoms with Gasteiger partial charge in [-0.3, -0.25) is 9.59 Å². The van der Waals surface area contributed by atoms with Crippen LogP contribution in [0.3, 0.4) is 0 Å². The Balaban J connectivity index is 1.72. The molecule has 0 aliphatic heterocycles. The summed E-state index contributed by atoms with van der Waals surface area (Å²) in [6.45, 7) is 8.89. The highest BCUT2D eigenvalue weighted by molar-refractivity contribution is 6.00. The van der Waals surface area contributed by atoms with E-state index >= 15 is 0 Å². The molecule has 0 aliphatic carbocycles. The molecule has 43 heavy (non-hydrogen) atoms. The van der Waals surface area contributed by atoms with Gasteiger partial charge in [-0.15, -0.1) is 0 Å². The molecule has 224 valence electrons. The van der Waals surface area contributed by atoms with Crippen LogP contribution in [-0.2, 0) is 20.7 Å². The van der Waals surface area contributed by atoms with E-state index in [9.17, 15) is 19.5 Å². The fourth-order valence-corrected chi connectivity index (χ4v) is 4.93. The molecule has 4 rings (SSSR count). The molecule has 8 heteroatoms. The Morgan fingerprint density at radius 2 is 1.47 bits per heavy atom. The number of phenols is 1. The van der Waals surface area contributed by atoms with Crippen LogP contribution in [0.15, 0.2) is 97.1 Å². The lowest BCUT2D eigenvalue weighted by Gasteiger charge is -2.37. The van der Waals surface area contributed by atoms with E-state index in [4.69, 9.17) is 4.74 Å². The number of alkyl carbamates (subject to hydrolysis) is 1. The second-order valence-electron chi connectivity index (χ2n) is 11.8. The number of nitrogens with zero attached hydrogens (tertiary/aromatic N) is 1. The molecule has 2 atom stereocenters. The van der Waals surface area contributed by atoms with Crippen molar-refractivity contribution in [3.63, 3.8) is 0 Å². The lowest BCUT2D eigenvalue weighted by Crippen LogP contribution is -2.55. The summed E-state index contributed by atoms with van der Waals surface area (Å²) in [5.41, 5.74) is 1.16. The van der Waals surface area contributed by atoms with E-state index in [1.165, 1.54) is 17.0 Å². The molecule has 0 aromatic heterocycles. The molecular weight excluding hydrogens is 542 g/mol. The molecule has 8 nitrogen and oxygen atoms in total.